The highest BCUT2D eigenvalue weighted by atomic mass is 16.6. The first-order valence-electron chi connectivity index (χ1n) is 11.7. The molecular weight excluding hydrogens is 448 g/mol. The van der Waals surface area contributed by atoms with Gasteiger partial charge in [0, 0.05) is 18.0 Å². The topological polar surface area (TPSA) is 95.9 Å². The van der Waals surface area contributed by atoms with Gasteiger partial charge < -0.3 is 24.1 Å². The van der Waals surface area contributed by atoms with Crippen molar-refractivity contribution in [3.63, 3.8) is 0 Å². The van der Waals surface area contributed by atoms with Crippen LogP contribution >= 0.6 is 0 Å². The van der Waals surface area contributed by atoms with Crippen molar-refractivity contribution < 1.29 is 23.8 Å². The molecule has 0 saturated heterocycles. The number of carbonyl (C=O) groups is 2. The number of pyridine rings is 1. The lowest BCUT2D eigenvalue weighted by Crippen LogP contribution is -2.45. The SMILES string of the molecule is Cn1c(=O)c2c(c3ccccc31)OC(NC(C)(C)C)=C(C(=O)OC(C)(C)C)C2C(=O)OC(C)(C)C. The quantitative estimate of drug-likeness (QED) is 0.649. The highest BCUT2D eigenvalue weighted by Crippen LogP contribution is 2.43. The van der Waals surface area contributed by atoms with Crippen molar-refractivity contribution in [1.29, 1.82) is 0 Å². The largest absolute Gasteiger partial charge is 0.459 e. The maximum absolute atomic E-state index is 13.7. The van der Waals surface area contributed by atoms with Gasteiger partial charge in [-0.2, -0.15) is 0 Å². The van der Waals surface area contributed by atoms with Gasteiger partial charge >= 0.3 is 11.9 Å². The zero-order valence-electron chi connectivity index (χ0n) is 22.3. The number of carbonyl (C=O) groups excluding carboxylic acids is 2. The summed E-state index contributed by atoms with van der Waals surface area (Å²) in [6.45, 7) is 16.1. The lowest BCUT2D eigenvalue weighted by Gasteiger charge is -2.34. The van der Waals surface area contributed by atoms with Gasteiger partial charge in [-0.05, 0) is 74.4 Å². The minimum atomic E-state index is -1.35. The third-order valence-electron chi connectivity index (χ3n) is 5.07. The number of rotatable bonds is 3. The van der Waals surface area contributed by atoms with Gasteiger partial charge in [-0.25, -0.2) is 4.79 Å². The molecule has 3 rings (SSSR count). The summed E-state index contributed by atoms with van der Waals surface area (Å²) in [4.78, 5) is 40.8. The maximum Gasteiger partial charge on any atom is 0.341 e. The van der Waals surface area contributed by atoms with E-state index in [0.717, 1.165) is 0 Å². The number of nitrogens with one attached hydrogen (secondary N) is 1. The van der Waals surface area contributed by atoms with Crippen molar-refractivity contribution in [2.75, 3.05) is 0 Å². The molecule has 1 N–H and O–H groups in total. The fourth-order valence-electron chi connectivity index (χ4n) is 3.86. The van der Waals surface area contributed by atoms with E-state index in [2.05, 4.69) is 5.32 Å². The number of para-hydroxylation sites is 1. The molecule has 0 radical (unpaired) electrons. The van der Waals surface area contributed by atoms with Crippen LogP contribution in [-0.2, 0) is 26.1 Å². The van der Waals surface area contributed by atoms with Gasteiger partial charge in [-0.1, -0.05) is 12.1 Å². The molecule has 0 fully saturated rings. The Hall–Kier alpha value is -3.29. The first kappa shape index (κ1) is 26.3. The smallest absolute Gasteiger partial charge is 0.341 e. The number of nitrogens with zero attached hydrogens (tertiary/aromatic N) is 1. The molecule has 8 heteroatoms. The van der Waals surface area contributed by atoms with E-state index in [4.69, 9.17) is 14.2 Å². The Kier molecular flexibility index (Phi) is 6.57. The molecule has 0 aliphatic carbocycles. The number of ether oxygens (including phenoxy) is 3. The molecule has 0 saturated carbocycles. The number of fused-ring (bicyclic) bond motifs is 3. The van der Waals surface area contributed by atoms with Crippen LogP contribution in [0.15, 0.2) is 40.5 Å². The van der Waals surface area contributed by atoms with E-state index >= 15 is 0 Å². The monoisotopic (exact) mass is 484 g/mol. The molecule has 1 unspecified atom stereocenters. The van der Waals surface area contributed by atoms with Gasteiger partial charge in [-0.15, -0.1) is 0 Å². The van der Waals surface area contributed by atoms with E-state index in [-0.39, 0.29) is 22.8 Å². The normalized spacial score (nSPS) is 16.5. The molecule has 1 aliphatic rings. The van der Waals surface area contributed by atoms with Crippen LogP contribution in [0.3, 0.4) is 0 Å². The molecule has 1 aromatic carbocycles. The van der Waals surface area contributed by atoms with Gasteiger partial charge in [0.25, 0.3) is 5.56 Å². The lowest BCUT2D eigenvalue weighted by molar-refractivity contribution is -0.160. The van der Waals surface area contributed by atoms with E-state index in [0.29, 0.717) is 10.9 Å². The van der Waals surface area contributed by atoms with Crippen LogP contribution in [0, 0.1) is 0 Å². The molecule has 0 bridgehead atoms. The van der Waals surface area contributed by atoms with Gasteiger partial charge in [0.05, 0.1) is 11.1 Å². The Morgan fingerprint density at radius 1 is 0.943 bits per heavy atom. The summed E-state index contributed by atoms with van der Waals surface area (Å²) in [7, 11) is 1.62. The molecule has 2 heterocycles. The number of hydrogen-bond donors (Lipinski definition) is 1. The molecule has 2 aromatic rings. The van der Waals surface area contributed by atoms with E-state index in [1.54, 1.807) is 54.7 Å². The van der Waals surface area contributed by atoms with Crippen molar-refractivity contribution in [1.82, 2.24) is 9.88 Å². The molecule has 0 amide bonds. The highest BCUT2D eigenvalue weighted by Gasteiger charge is 2.46. The second-order valence-electron chi connectivity index (χ2n) is 11.8. The second kappa shape index (κ2) is 8.73. The summed E-state index contributed by atoms with van der Waals surface area (Å²) in [5.74, 6) is -2.56. The van der Waals surface area contributed by atoms with E-state index < -0.39 is 40.2 Å². The average Bonchev–Trinajstić information content (AvgIpc) is 2.67. The zero-order valence-corrected chi connectivity index (χ0v) is 22.3. The summed E-state index contributed by atoms with van der Waals surface area (Å²) in [6.07, 6.45) is 0. The Morgan fingerprint density at radius 2 is 1.51 bits per heavy atom. The van der Waals surface area contributed by atoms with Crippen molar-refractivity contribution in [3.8, 4) is 5.75 Å². The van der Waals surface area contributed by atoms with Gasteiger partial charge in [0.2, 0.25) is 5.88 Å². The number of esters is 2. The molecule has 1 atom stereocenters. The van der Waals surface area contributed by atoms with Crippen LogP contribution in [0.2, 0.25) is 0 Å². The van der Waals surface area contributed by atoms with Crippen molar-refractivity contribution in [2.24, 2.45) is 7.05 Å². The van der Waals surface area contributed by atoms with Crippen molar-refractivity contribution in [3.05, 3.63) is 51.6 Å². The van der Waals surface area contributed by atoms with Crippen LogP contribution in [0.4, 0.5) is 0 Å². The number of aryl methyl sites for hydroxylation is 1. The van der Waals surface area contributed by atoms with Gasteiger partial charge in [0.15, 0.2) is 0 Å². The summed E-state index contributed by atoms with van der Waals surface area (Å²) in [6, 6.07) is 7.25. The Morgan fingerprint density at radius 3 is 2.06 bits per heavy atom. The molecule has 0 spiro atoms. The van der Waals surface area contributed by atoms with Gasteiger partial charge in [-0.3, -0.25) is 9.59 Å². The second-order valence-corrected chi connectivity index (χ2v) is 11.8. The summed E-state index contributed by atoms with van der Waals surface area (Å²) in [5.41, 5.74) is -2.10. The first-order valence-corrected chi connectivity index (χ1v) is 11.7. The number of benzene rings is 1. The standard InChI is InChI=1S/C27H36N2O6/c1-25(2,3)28-21-19(24(32)35-27(7,8)9)17(23(31)34-26(4,5)6)18-20(33-21)15-13-11-12-14-16(15)29(10)22(18)30/h11-14,17,28H,1-10H3. The third-order valence-corrected chi connectivity index (χ3v) is 5.07. The van der Waals surface area contributed by atoms with Crippen LogP contribution in [-0.4, -0.2) is 33.2 Å². The molecular formula is C27H36N2O6. The molecule has 1 aliphatic heterocycles. The highest BCUT2D eigenvalue weighted by molar-refractivity contribution is 6.02. The number of aromatic nitrogens is 1. The van der Waals surface area contributed by atoms with Crippen LogP contribution < -0.4 is 15.6 Å². The van der Waals surface area contributed by atoms with Crippen molar-refractivity contribution in [2.45, 2.75) is 85.0 Å². The van der Waals surface area contributed by atoms with Crippen LogP contribution in [0.25, 0.3) is 10.9 Å². The predicted octanol–water partition coefficient (Wildman–Crippen LogP) is 4.30. The first-order chi connectivity index (χ1) is 15.9. The molecule has 1 aromatic heterocycles. The number of hydrogen-bond acceptors (Lipinski definition) is 7. The lowest BCUT2D eigenvalue weighted by atomic mass is 9.87. The molecule has 190 valence electrons. The molecule has 35 heavy (non-hydrogen) atoms. The van der Waals surface area contributed by atoms with E-state index in [1.807, 2.05) is 39.0 Å². The van der Waals surface area contributed by atoms with Crippen LogP contribution in [0.5, 0.6) is 5.75 Å². The van der Waals surface area contributed by atoms with Crippen molar-refractivity contribution >= 4 is 22.8 Å². The molecule has 8 nitrogen and oxygen atoms in total. The maximum atomic E-state index is 13.7. The fraction of sp³-hybridized carbons (Fsp3) is 0.519. The Bertz CT molecular complexity index is 1270. The summed E-state index contributed by atoms with van der Waals surface area (Å²) >= 11 is 0. The van der Waals surface area contributed by atoms with Crippen LogP contribution in [0.1, 0.15) is 73.8 Å². The van der Waals surface area contributed by atoms with E-state index in [1.165, 1.54) is 4.57 Å². The third kappa shape index (κ3) is 5.69. The summed E-state index contributed by atoms with van der Waals surface area (Å²) in [5, 5.41) is 3.84. The fourth-order valence-corrected chi connectivity index (χ4v) is 3.86. The summed E-state index contributed by atoms with van der Waals surface area (Å²) < 4.78 is 19.1. The zero-order chi connectivity index (χ0) is 26.5. The average molecular weight is 485 g/mol. The minimum absolute atomic E-state index is 0.0424. The Labute approximate surface area is 206 Å². The van der Waals surface area contributed by atoms with E-state index in [9.17, 15) is 14.4 Å². The predicted molar refractivity (Wildman–Crippen MR) is 134 cm³/mol. The minimum Gasteiger partial charge on any atom is -0.459 e. The Balaban J connectivity index is 2.41. The van der Waals surface area contributed by atoms with Gasteiger partial charge in [0.1, 0.15) is 28.4 Å².